The lowest BCUT2D eigenvalue weighted by Gasteiger charge is -2.10. The van der Waals surface area contributed by atoms with Crippen LogP contribution in [0.4, 0.5) is 10.1 Å². The first-order valence-corrected chi connectivity index (χ1v) is 12.0. The summed E-state index contributed by atoms with van der Waals surface area (Å²) in [6.45, 7) is 0. The van der Waals surface area contributed by atoms with Crippen LogP contribution >= 0.6 is 43.6 Å². The van der Waals surface area contributed by atoms with Crippen molar-refractivity contribution in [3.8, 4) is 22.5 Å². The number of carbonyl (C=O) groups excluding carboxylic acids is 1. The summed E-state index contributed by atoms with van der Waals surface area (Å²) in [6, 6.07) is 21.1. The minimum atomic E-state index is -0.358. The molecule has 0 saturated carbocycles. The molecule has 32 heavy (non-hydrogen) atoms. The Balaban J connectivity index is 1.57. The van der Waals surface area contributed by atoms with Crippen LogP contribution in [0.15, 0.2) is 86.9 Å². The molecule has 0 saturated heterocycles. The van der Waals surface area contributed by atoms with E-state index < -0.39 is 0 Å². The number of thioether (sulfide) groups is 1. The zero-order valence-electron chi connectivity index (χ0n) is 16.4. The normalized spacial score (nSPS) is 10.7. The molecule has 5 nitrogen and oxygen atoms in total. The van der Waals surface area contributed by atoms with Crippen LogP contribution in [0.5, 0.6) is 0 Å². The Labute approximate surface area is 205 Å². The number of nitrogens with one attached hydrogen (secondary N) is 1. The fourth-order valence-corrected chi connectivity index (χ4v) is 3.96. The predicted octanol–water partition coefficient (Wildman–Crippen LogP) is 6.60. The molecule has 0 aliphatic carbocycles. The van der Waals surface area contributed by atoms with Crippen molar-refractivity contribution in [3.05, 3.63) is 87.6 Å². The van der Waals surface area contributed by atoms with E-state index in [-0.39, 0.29) is 17.5 Å². The second-order valence-electron chi connectivity index (χ2n) is 6.65. The minimum Gasteiger partial charge on any atom is -0.325 e. The van der Waals surface area contributed by atoms with Crippen molar-refractivity contribution in [1.29, 1.82) is 0 Å². The molecule has 0 aliphatic rings. The van der Waals surface area contributed by atoms with Gasteiger partial charge in [-0.25, -0.2) is 9.37 Å². The van der Waals surface area contributed by atoms with Crippen molar-refractivity contribution in [3.63, 3.8) is 0 Å². The van der Waals surface area contributed by atoms with E-state index in [2.05, 4.69) is 47.4 Å². The fourth-order valence-electron chi connectivity index (χ4n) is 2.84. The van der Waals surface area contributed by atoms with Gasteiger partial charge in [-0.15, -0.1) is 10.2 Å². The number of nitrogens with zero attached hydrogens (tertiary/aromatic N) is 3. The number of aromatic nitrogens is 3. The molecule has 1 amide bonds. The number of amides is 1. The fraction of sp³-hybridized carbons (Fsp3) is 0.0435. The Bertz CT molecular complexity index is 1240. The first-order chi connectivity index (χ1) is 15.5. The third-order valence-electron chi connectivity index (χ3n) is 4.36. The molecule has 0 bridgehead atoms. The van der Waals surface area contributed by atoms with Gasteiger partial charge in [-0.2, -0.15) is 0 Å². The van der Waals surface area contributed by atoms with Gasteiger partial charge in [0.15, 0.2) is 0 Å². The van der Waals surface area contributed by atoms with E-state index in [1.165, 1.54) is 36.0 Å². The summed E-state index contributed by atoms with van der Waals surface area (Å²) in [5, 5.41) is 11.7. The van der Waals surface area contributed by atoms with Crippen LogP contribution in [0, 0.1) is 5.82 Å². The van der Waals surface area contributed by atoms with Crippen LogP contribution in [0.3, 0.4) is 0 Å². The summed E-state index contributed by atoms with van der Waals surface area (Å²) in [4.78, 5) is 17.0. The molecule has 0 atom stereocenters. The van der Waals surface area contributed by atoms with Gasteiger partial charge in [0.05, 0.1) is 5.75 Å². The molecule has 3 aromatic carbocycles. The van der Waals surface area contributed by atoms with E-state index >= 15 is 0 Å². The summed E-state index contributed by atoms with van der Waals surface area (Å²) < 4.78 is 14.9. The number of hydrogen-bond donors (Lipinski definition) is 1. The number of anilines is 1. The highest BCUT2D eigenvalue weighted by Gasteiger charge is 2.15. The highest BCUT2D eigenvalue weighted by Crippen LogP contribution is 2.31. The van der Waals surface area contributed by atoms with Crippen molar-refractivity contribution < 1.29 is 9.18 Å². The molecule has 0 fully saturated rings. The molecule has 1 aromatic heterocycles. The Kier molecular flexibility index (Phi) is 7.29. The van der Waals surface area contributed by atoms with Crippen LogP contribution in [0.25, 0.3) is 22.5 Å². The lowest BCUT2D eigenvalue weighted by atomic mass is 10.0. The highest BCUT2D eigenvalue weighted by molar-refractivity contribution is 9.10. The number of benzene rings is 3. The number of rotatable bonds is 6. The molecule has 0 unspecified atom stereocenters. The molecule has 1 N–H and O–H groups in total. The first-order valence-electron chi connectivity index (χ1n) is 9.43. The molecule has 0 aliphatic heterocycles. The van der Waals surface area contributed by atoms with E-state index in [0.29, 0.717) is 22.2 Å². The molecule has 160 valence electrons. The van der Waals surface area contributed by atoms with Crippen LogP contribution in [0.2, 0.25) is 0 Å². The summed E-state index contributed by atoms with van der Waals surface area (Å²) in [7, 11) is 0. The zero-order valence-corrected chi connectivity index (χ0v) is 20.4. The van der Waals surface area contributed by atoms with E-state index in [9.17, 15) is 9.18 Å². The van der Waals surface area contributed by atoms with Gasteiger partial charge in [0.1, 0.15) is 17.2 Å². The van der Waals surface area contributed by atoms with Crippen molar-refractivity contribution >= 4 is 55.2 Å². The topological polar surface area (TPSA) is 67.8 Å². The zero-order chi connectivity index (χ0) is 22.5. The molecule has 4 aromatic rings. The summed E-state index contributed by atoms with van der Waals surface area (Å²) in [6.07, 6.45) is 0. The van der Waals surface area contributed by atoms with Crippen molar-refractivity contribution in [2.75, 3.05) is 11.1 Å². The molecular weight excluding hydrogens is 559 g/mol. The third-order valence-corrected chi connectivity index (χ3v) is 6.26. The van der Waals surface area contributed by atoms with E-state index in [1.807, 2.05) is 48.5 Å². The van der Waals surface area contributed by atoms with Crippen molar-refractivity contribution in [1.82, 2.24) is 15.2 Å². The van der Waals surface area contributed by atoms with E-state index in [0.717, 1.165) is 20.1 Å². The second-order valence-corrected chi connectivity index (χ2v) is 9.42. The SMILES string of the molecule is O=C(CSc1nnc(-c2ccc(Br)cc2)c(-c2ccc(Br)cc2)n1)Nc1ccc(F)cc1. The van der Waals surface area contributed by atoms with Gasteiger partial charge in [-0.3, -0.25) is 4.79 Å². The summed E-state index contributed by atoms with van der Waals surface area (Å²) in [5.41, 5.74) is 3.63. The van der Waals surface area contributed by atoms with Gasteiger partial charge >= 0.3 is 0 Å². The van der Waals surface area contributed by atoms with Gasteiger partial charge < -0.3 is 5.32 Å². The number of hydrogen-bond acceptors (Lipinski definition) is 5. The number of halogens is 3. The van der Waals surface area contributed by atoms with Gasteiger partial charge in [-0.05, 0) is 48.5 Å². The summed E-state index contributed by atoms with van der Waals surface area (Å²) >= 11 is 8.08. The van der Waals surface area contributed by atoms with Crippen molar-refractivity contribution in [2.45, 2.75) is 5.16 Å². The first kappa shape index (κ1) is 22.6. The van der Waals surface area contributed by atoms with E-state index in [4.69, 9.17) is 4.98 Å². The van der Waals surface area contributed by atoms with Crippen LogP contribution in [-0.2, 0) is 4.79 Å². The Morgan fingerprint density at radius 1 is 0.812 bits per heavy atom. The molecule has 0 spiro atoms. The molecule has 1 heterocycles. The molecule has 4 rings (SSSR count). The quantitative estimate of drug-likeness (QED) is 0.263. The average molecular weight is 574 g/mol. The van der Waals surface area contributed by atoms with Gasteiger partial charge in [-0.1, -0.05) is 67.9 Å². The lowest BCUT2D eigenvalue weighted by Crippen LogP contribution is -2.14. The standard InChI is InChI=1S/C23H15Br2FN4OS/c24-16-5-1-14(2-6-16)21-22(15-3-7-17(25)8-4-15)29-30-23(28-21)32-13-20(31)27-19-11-9-18(26)10-12-19/h1-12H,13H2,(H,27,31). The van der Waals surface area contributed by atoms with Crippen molar-refractivity contribution in [2.24, 2.45) is 0 Å². The maximum Gasteiger partial charge on any atom is 0.234 e. The van der Waals surface area contributed by atoms with E-state index in [1.54, 1.807) is 0 Å². The van der Waals surface area contributed by atoms with Crippen LogP contribution in [0.1, 0.15) is 0 Å². The third kappa shape index (κ3) is 5.79. The van der Waals surface area contributed by atoms with Crippen LogP contribution < -0.4 is 5.32 Å². The van der Waals surface area contributed by atoms with Gasteiger partial charge in [0.2, 0.25) is 11.1 Å². The second kappa shape index (κ2) is 10.3. The molecule has 9 heteroatoms. The largest absolute Gasteiger partial charge is 0.325 e. The Morgan fingerprint density at radius 3 is 1.97 bits per heavy atom. The molecular formula is C23H15Br2FN4OS. The average Bonchev–Trinajstić information content (AvgIpc) is 2.80. The van der Waals surface area contributed by atoms with Crippen LogP contribution in [-0.4, -0.2) is 26.8 Å². The minimum absolute atomic E-state index is 0.0937. The van der Waals surface area contributed by atoms with Gasteiger partial charge in [0, 0.05) is 25.8 Å². The molecule has 0 radical (unpaired) electrons. The Morgan fingerprint density at radius 2 is 1.38 bits per heavy atom. The monoisotopic (exact) mass is 572 g/mol. The maximum atomic E-state index is 13.0. The maximum absolute atomic E-state index is 13.0. The highest BCUT2D eigenvalue weighted by atomic mass is 79.9. The Hall–Kier alpha value is -2.62. The smallest absolute Gasteiger partial charge is 0.234 e. The summed E-state index contributed by atoms with van der Waals surface area (Å²) in [5.74, 6) is -0.508. The van der Waals surface area contributed by atoms with Gasteiger partial charge in [0.25, 0.3) is 0 Å². The lowest BCUT2D eigenvalue weighted by molar-refractivity contribution is -0.113. The number of carbonyl (C=O) groups is 1. The predicted molar refractivity (Wildman–Crippen MR) is 132 cm³/mol.